The summed E-state index contributed by atoms with van der Waals surface area (Å²) < 4.78 is 16.4. The van der Waals surface area contributed by atoms with Crippen molar-refractivity contribution in [1.82, 2.24) is 10.6 Å². The van der Waals surface area contributed by atoms with Crippen LogP contribution in [0.3, 0.4) is 0 Å². The van der Waals surface area contributed by atoms with Gasteiger partial charge in [0, 0.05) is 25.7 Å². The highest BCUT2D eigenvalue weighted by Gasteiger charge is 2.56. The molecule has 7 heteroatoms. The monoisotopic (exact) mass is 616 g/mol. The summed E-state index contributed by atoms with van der Waals surface area (Å²) in [4.78, 5) is 0. The summed E-state index contributed by atoms with van der Waals surface area (Å²) in [6, 6.07) is 22.6. The lowest BCUT2D eigenvalue weighted by Crippen LogP contribution is -2.71. The van der Waals surface area contributed by atoms with Gasteiger partial charge >= 0.3 is 5.96 Å². The van der Waals surface area contributed by atoms with Gasteiger partial charge in [-0.05, 0) is 60.9 Å². The molecule has 1 unspecified atom stereocenters. The van der Waals surface area contributed by atoms with Crippen molar-refractivity contribution < 1.29 is 18.8 Å². The molecule has 0 radical (unpaired) electrons. The van der Waals surface area contributed by atoms with Crippen molar-refractivity contribution in [2.24, 2.45) is 0 Å². The third-order valence-electron chi connectivity index (χ3n) is 10.6. The molecule has 0 aromatic heterocycles. The molecule has 4 aliphatic heterocycles. The molecule has 0 bridgehead atoms. The highest BCUT2D eigenvalue weighted by Crippen LogP contribution is 2.41. The number of aliphatic hydroxyl groups is 1. The van der Waals surface area contributed by atoms with E-state index >= 15 is 0 Å². The van der Waals surface area contributed by atoms with E-state index < -0.39 is 14.0 Å². The van der Waals surface area contributed by atoms with Gasteiger partial charge in [-0.15, -0.1) is 0 Å². The Morgan fingerprint density at radius 2 is 1.64 bits per heavy atom. The largest absolute Gasteiger partial charge is 0.401 e. The zero-order chi connectivity index (χ0) is 31.0. The van der Waals surface area contributed by atoms with E-state index in [1.165, 1.54) is 23.2 Å². The van der Waals surface area contributed by atoms with Crippen LogP contribution in [0.25, 0.3) is 0 Å². The summed E-state index contributed by atoms with van der Waals surface area (Å²) in [6.45, 7) is 11.4. The minimum atomic E-state index is -2.64. The molecule has 44 heavy (non-hydrogen) atoms. The second kappa shape index (κ2) is 12.4. The summed E-state index contributed by atoms with van der Waals surface area (Å²) in [5.74, 6) is 0.983. The van der Waals surface area contributed by atoms with Crippen LogP contribution in [-0.2, 0) is 9.16 Å². The van der Waals surface area contributed by atoms with Crippen molar-refractivity contribution in [3.8, 4) is 0 Å². The van der Waals surface area contributed by atoms with Crippen LogP contribution >= 0.6 is 0 Å². The van der Waals surface area contributed by atoms with E-state index in [4.69, 9.17) is 9.16 Å². The maximum Gasteiger partial charge on any atom is 0.350 e. The van der Waals surface area contributed by atoms with Crippen LogP contribution in [0.1, 0.15) is 98.8 Å². The summed E-state index contributed by atoms with van der Waals surface area (Å²) in [7, 11) is -2.64. The van der Waals surface area contributed by atoms with Crippen LogP contribution in [0.5, 0.6) is 0 Å². The first-order chi connectivity index (χ1) is 21.1. The molecule has 6 rings (SSSR count). The second-order valence-corrected chi connectivity index (χ2v) is 19.1. The molecule has 6 nitrogen and oxygen atoms in total. The lowest BCUT2D eigenvalue weighted by Gasteiger charge is -2.46. The van der Waals surface area contributed by atoms with E-state index in [0.717, 1.165) is 50.9 Å². The molecule has 4 aliphatic rings. The van der Waals surface area contributed by atoms with Crippen LogP contribution in [-0.4, -0.2) is 59.7 Å². The predicted octanol–water partition coefficient (Wildman–Crippen LogP) is 5.54. The standard InChI is InChI=1S/C37H53N3O3Si/c1-6-31(43-44(35(3,4)5,32-18-9-7-10-19-32)33-20-11-8-12-21-33)17-13-14-24-36(41)26-29-22-23-30-27-37(25-15-16-28(2)42-37)39-34(38-36)40(29)30/h7-13,17-21,28-31,41H,6,14-16,22-27H2,1-5H3,(H,38,39)/p+1/b17-13-/t28-,29+,30-,31+,36?,37-/m1/s1. The Hall–Kier alpha value is -2.45. The van der Waals surface area contributed by atoms with Crippen molar-refractivity contribution in [3.63, 3.8) is 0 Å². The minimum absolute atomic E-state index is 0.0129. The van der Waals surface area contributed by atoms with Gasteiger partial charge in [0.2, 0.25) is 0 Å². The zero-order valence-electron chi connectivity index (χ0n) is 27.5. The summed E-state index contributed by atoms with van der Waals surface area (Å²) in [5.41, 5.74) is -1.25. The number of hydrogen-bond donors (Lipinski definition) is 3. The van der Waals surface area contributed by atoms with Gasteiger partial charge < -0.3 is 14.3 Å². The van der Waals surface area contributed by atoms with E-state index in [1.807, 2.05) is 0 Å². The fraction of sp³-hybridized carbons (Fsp3) is 0.595. The Kier molecular flexibility index (Phi) is 8.88. The first kappa shape index (κ1) is 31.5. The van der Waals surface area contributed by atoms with E-state index in [2.05, 4.69) is 123 Å². The number of ether oxygens (including phenoxy) is 1. The molecule has 2 fully saturated rings. The number of guanidine groups is 1. The van der Waals surface area contributed by atoms with Crippen molar-refractivity contribution >= 4 is 24.7 Å². The van der Waals surface area contributed by atoms with Gasteiger partial charge in [-0.25, -0.2) is 10.6 Å². The molecule has 0 aliphatic carbocycles. The second-order valence-electron chi connectivity index (χ2n) is 14.8. The highest BCUT2D eigenvalue weighted by molar-refractivity contribution is 6.99. The first-order valence-electron chi connectivity index (χ1n) is 17.1. The molecular formula is C37H54N3O3Si+. The van der Waals surface area contributed by atoms with Crippen molar-refractivity contribution in [2.45, 2.75) is 140 Å². The maximum atomic E-state index is 11.9. The zero-order valence-corrected chi connectivity index (χ0v) is 28.5. The van der Waals surface area contributed by atoms with Gasteiger partial charge in [0.05, 0.1) is 24.3 Å². The van der Waals surface area contributed by atoms with E-state index in [0.29, 0.717) is 18.5 Å². The molecule has 1 spiro atoms. The average molecular weight is 617 g/mol. The summed E-state index contributed by atoms with van der Waals surface area (Å²) in [6.07, 6.45) is 14.5. The van der Waals surface area contributed by atoms with Gasteiger partial charge in [-0.1, -0.05) is 101 Å². The van der Waals surface area contributed by atoms with E-state index in [9.17, 15) is 5.11 Å². The third-order valence-corrected chi connectivity index (χ3v) is 15.6. The molecule has 6 atom stereocenters. The number of benzene rings is 2. The fourth-order valence-electron chi connectivity index (χ4n) is 8.53. The van der Waals surface area contributed by atoms with Gasteiger partial charge in [0.15, 0.2) is 11.4 Å². The first-order valence-corrected chi connectivity index (χ1v) is 19.0. The Morgan fingerprint density at radius 3 is 2.23 bits per heavy atom. The number of allylic oxidation sites excluding steroid dienone is 1. The van der Waals surface area contributed by atoms with Gasteiger partial charge in [0.25, 0.3) is 8.32 Å². The Labute approximate surface area is 266 Å². The molecule has 2 saturated heterocycles. The Bertz CT molecular complexity index is 1300. The van der Waals surface area contributed by atoms with Crippen LogP contribution in [0, 0.1) is 0 Å². The molecule has 238 valence electrons. The van der Waals surface area contributed by atoms with Crippen LogP contribution in [0.4, 0.5) is 0 Å². The fourth-order valence-corrected chi connectivity index (χ4v) is 13.2. The van der Waals surface area contributed by atoms with Crippen molar-refractivity contribution in [1.29, 1.82) is 0 Å². The lowest BCUT2D eigenvalue weighted by atomic mass is 9.90. The SMILES string of the molecule is CC[C@@H](/C=C\CCC1(O)C[C@@H]2CC[C@@H]3C[C@]4(CCC[C@@H](C)O4)NC(=[N+]32)N1)O[Si](c1ccccc1)(c1ccccc1)C(C)(C)C. The lowest BCUT2D eigenvalue weighted by molar-refractivity contribution is -0.602. The molecule has 3 N–H and O–H groups in total. The maximum absolute atomic E-state index is 11.9. The van der Waals surface area contributed by atoms with Crippen LogP contribution in [0.15, 0.2) is 72.8 Å². The quantitative estimate of drug-likeness (QED) is 0.196. The van der Waals surface area contributed by atoms with E-state index in [-0.39, 0.29) is 23.0 Å². The van der Waals surface area contributed by atoms with Gasteiger partial charge in [-0.2, -0.15) is 0 Å². The molecular weight excluding hydrogens is 563 g/mol. The van der Waals surface area contributed by atoms with Gasteiger partial charge in [0.1, 0.15) is 0 Å². The molecule has 0 saturated carbocycles. The van der Waals surface area contributed by atoms with Gasteiger partial charge in [-0.3, -0.25) is 4.58 Å². The molecule has 4 heterocycles. The smallest absolute Gasteiger partial charge is 0.350 e. The van der Waals surface area contributed by atoms with E-state index in [1.54, 1.807) is 0 Å². The minimum Gasteiger partial charge on any atom is -0.401 e. The normalized spacial score (nSPS) is 31.1. The summed E-state index contributed by atoms with van der Waals surface area (Å²) in [5, 5.41) is 21.8. The third kappa shape index (κ3) is 6.05. The number of nitrogens with zero attached hydrogens (tertiary/aromatic N) is 1. The molecule has 0 amide bonds. The number of rotatable bonds is 9. The number of hydrogen-bond acceptors (Lipinski definition) is 5. The highest BCUT2D eigenvalue weighted by atomic mass is 28.4. The topological polar surface area (TPSA) is 65.8 Å². The molecule has 2 aromatic carbocycles. The Morgan fingerprint density at radius 1 is 1.00 bits per heavy atom. The van der Waals surface area contributed by atoms with Crippen LogP contribution < -0.4 is 21.0 Å². The Balaban J connectivity index is 1.17. The molecule has 2 aromatic rings. The van der Waals surface area contributed by atoms with Crippen molar-refractivity contribution in [3.05, 3.63) is 72.8 Å². The van der Waals surface area contributed by atoms with Crippen molar-refractivity contribution in [2.75, 3.05) is 0 Å². The van der Waals surface area contributed by atoms with Crippen LogP contribution in [0.2, 0.25) is 5.04 Å². The predicted molar refractivity (Wildman–Crippen MR) is 181 cm³/mol. The number of nitrogens with one attached hydrogen (secondary N) is 2. The summed E-state index contributed by atoms with van der Waals surface area (Å²) >= 11 is 0. The average Bonchev–Trinajstić information content (AvgIpc) is 3.39.